The lowest BCUT2D eigenvalue weighted by atomic mass is 10.0. The molecule has 0 heterocycles. The maximum Gasteiger partial charge on any atom is 0.143 e. The average Bonchev–Trinajstić information content (AvgIpc) is 3.03. The first-order valence-electron chi connectivity index (χ1n) is 13.4. The van der Waals surface area contributed by atoms with Crippen LogP contribution in [0.2, 0.25) is 0 Å². The molecule has 230 valence electrons. The fraction of sp³-hybridized carbons (Fsp3) is 0. The van der Waals surface area contributed by atoms with Gasteiger partial charge in [-0.1, -0.05) is 72.8 Å². The summed E-state index contributed by atoms with van der Waals surface area (Å²) in [7, 11) is -10.5. The van der Waals surface area contributed by atoms with Crippen molar-refractivity contribution in [1.82, 2.24) is 0 Å². The lowest BCUT2D eigenvalue weighted by Gasteiger charge is -2.18. The number of fused-ring (bicyclic) bond motifs is 2. The Morgan fingerprint density at radius 2 is 0.870 bits per heavy atom. The summed E-state index contributed by atoms with van der Waals surface area (Å²) in [5.74, 6) is -0.372. The van der Waals surface area contributed by atoms with Gasteiger partial charge in [-0.25, -0.2) is 16.8 Å². The molecule has 0 saturated heterocycles. The van der Waals surface area contributed by atoms with Crippen molar-refractivity contribution in [2.75, 3.05) is 0 Å². The quantitative estimate of drug-likeness (QED) is 0.129. The van der Waals surface area contributed by atoms with Crippen LogP contribution in [0.15, 0.2) is 139 Å². The molecular weight excluding hydrogens is 633 g/mol. The van der Waals surface area contributed by atoms with Gasteiger partial charge in [0.1, 0.15) is 43.1 Å². The zero-order chi connectivity index (χ0) is 32.6. The highest BCUT2D eigenvalue weighted by atomic mass is 32.2. The van der Waals surface area contributed by atoms with Gasteiger partial charge in [0.25, 0.3) is 0 Å². The van der Waals surface area contributed by atoms with E-state index in [1.54, 1.807) is 60.7 Å². The standard InChI is InChI=1S/C32H22N4O8S2/c37-27-15-9-19-5-1-3-7-23(19)31(27)35-33-21-11-13-25(29(17-21)45(39,40)41)26-14-12-22(18-30(26)46(42,43)44)34-36-32-24-8-4-2-6-20(24)10-16-28(32)38/h1-18,37-38H,(H,39,40,41)(H,42,43,44)/p-2. The number of phenols is 2. The Bertz CT molecular complexity index is 2290. The molecule has 6 aromatic rings. The number of hydrogen-bond donors (Lipinski definition) is 2. The van der Waals surface area contributed by atoms with E-state index in [1.165, 1.54) is 24.3 Å². The molecule has 0 atom stereocenters. The number of phenolic OH excluding ortho intramolecular Hbond substituents is 2. The van der Waals surface area contributed by atoms with E-state index in [2.05, 4.69) is 20.5 Å². The Kier molecular flexibility index (Phi) is 7.79. The topological polar surface area (TPSA) is 204 Å². The molecule has 12 nitrogen and oxygen atoms in total. The van der Waals surface area contributed by atoms with Crippen molar-refractivity contribution in [2.24, 2.45) is 20.5 Å². The summed E-state index contributed by atoms with van der Waals surface area (Å²) in [5.41, 5.74) is -0.724. The Balaban J connectivity index is 1.43. The average molecular weight is 653 g/mol. The van der Waals surface area contributed by atoms with Crippen LogP contribution in [-0.2, 0) is 20.2 Å². The number of hydrogen-bond acceptors (Lipinski definition) is 12. The van der Waals surface area contributed by atoms with E-state index in [0.29, 0.717) is 10.8 Å². The van der Waals surface area contributed by atoms with Crippen LogP contribution < -0.4 is 0 Å². The lowest BCUT2D eigenvalue weighted by Crippen LogP contribution is -2.05. The monoisotopic (exact) mass is 652 g/mol. The Morgan fingerprint density at radius 3 is 1.26 bits per heavy atom. The van der Waals surface area contributed by atoms with Gasteiger partial charge in [-0.15, -0.1) is 10.2 Å². The number of azo groups is 2. The van der Waals surface area contributed by atoms with Crippen molar-refractivity contribution in [3.63, 3.8) is 0 Å². The van der Waals surface area contributed by atoms with Gasteiger partial charge in [-0.2, -0.15) is 10.2 Å². The molecule has 0 unspecified atom stereocenters. The number of aromatic hydroxyl groups is 2. The number of nitrogens with zero attached hydrogens (tertiary/aromatic N) is 4. The molecule has 0 aliphatic rings. The lowest BCUT2D eigenvalue weighted by molar-refractivity contribution is 0.460. The Labute approximate surface area is 262 Å². The molecule has 0 radical (unpaired) electrons. The predicted molar refractivity (Wildman–Crippen MR) is 167 cm³/mol. The second-order valence-electron chi connectivity index (χ2n) is 9.98. The van der Waals surface area contributed by atoms with Crippen molar-refractivity contribution in [3.05, 3.63) is 109 Å². The van der Waals surface area contributed by atoms with Crippen LogP contribution in [0.3, 0.4) is 0 Å². The van der Waals surface area contributed by atoms with E-state index in [0.717, 1.165) is 35.0 Å². The summed E-state index contributed by atoms with van der Waals surface area (Å²) in [6.07, 6.45) is 0. The predicted octanol–water partition coefficient (Wildman–Crippen LogP) is 7.71. The van der Waals surface area contributed by atoms with Crippen molar-refractivity contribution in [1.29, 1.82) is 0 Å². The molecular formula is C32H20N4O8S2-2. The first-order chi connectivity index (χ1) is 21.9. The van der Waals surface area contributed by atoms with Crippen LogP contribution in [0.25, 0.3) is 32.7 Å². The first kappa shape index (κ1) is 30.5. The number of rotatable bonds is 7. The third-order valence-corrected chi connectivity index (χ3v) is 8.80. The van der Waals surface area contributed by atoms with Crippen LogP contribution in [0, 0.1) is 0 Å². The third-order valence-electron chi connectivity index (χ3n) is 7.05. The molecule has 0 amide bonds. The van der Waals surface area contributed by atoms with Crippen molar-refractivity contribution < 1.29 is 36.2 Å². The highest BCUT2D eigenvalue weighted by Crippen LogP contribution is 2.40. The summed E-state index contributed by atoms with van der Waals surface area (Å²) < 4.78 is 74.1. The molecule has 46 heavy (non-hydrogen) atoms. The van der Waals surface area contributed by atoms with Gasteiger partial charge >= 0.3 is 0 Å². The van der Waals surface area contributed by atoms with Crippen LogP contribution in [0.5, 0.6) is 11.5 Å². The van der Waals surface area contributed by atoms with Crippen molar-refractivity contribution in [3.8, 4) is 22.6 Å². The smallest absolute Gasteiger partial charge is 0.143 e. The Morgan fingerprint density at radius 1 is 0.478 bits per heavy atom. The molecule has 2 N–H and O–H groups in total. The normalized spacial score (nSPS) is 12.5. The van der Waals surface area contributed by atoms with E-state index >= 15 is 0 Å². The highest BCUT2D eigenvalue weighted by molar-refractivity contribution is 7.86. The SMILES string of the molecule is O=S(=O)([O-])c1cc(N=Nc2c(O)ccc3ccccc23)ccc1-c1ccc(N=Nc2c(O)ccc3ccccc23)cc1S(=O)(=O)[O-]. The fourth-order valence-corrected chi connectivity index (χ4v) is 6.34. The summed E-state index contributed by atoms with van der Waals surface area (Å²) >= 11 is 0. The minimum Gasteiger partial charge on any atom is -0.744 e. The van der Waals surface area contributed by atoms with Gasteiger partial charge in [0.15, 0.2) is 0 Å². The van der Waals surface area contributed by atoms with Crippen LogP contribution in [0.4, 0.5) is 22.7 Å². The maximum atomic E-state index is 12.4. The zero-order valence-electron chi connectivity index (χ0n) is 23.3. The zero-order valence-corrected chi connectivity index (χ0v) is 25.0. The van der Waals surface area contributed by atoms with E-state index in [9.17, 15) is 36.2 Å². The maximum absolute atomic E-state index is 12.4. The second kappa shape index (κ2) is 11.8. The van der Waals surface area contributed by atoms with Crippen LogP contribution in [-0.4, -0.2) is 36.2 Å². The molecule has 0 fully saturated rings. The van der Waals surface area contributed by atoms with Crippen LogP contribution in [0.1, 0.15) is 0 Å². The summed E-state index contributed by atoms with van der Waals surface area (Å²) in [6.45, 7) is 0. The van der Waals surface area contributed by atoms with E-state index in [4.69, 9.17) is 0 Å². The second-order valence-corrected chi connectivity index (χ2v) is 12.7. The summed E-state index contributed by atoms with van der Waals surface area (Å²) in [6, 6.07) is 26.9. The molecule has 0 aliphatic heterocycles. The van der Waals surface area contributed by atoms with Gasteiger partial charge in [0.2, 0.25) is 0 Å². The molecule has 0 bridgehead atoms. The minimum absolute atomic E-state index is 0.0997. The minimum atomic E-state index is -5.24. The van der Waals surface area contributed by atoms with E-state index < -0.39 is 30.0 Å². The first-order valence-corrected chi connectivity index (χ1v) is 16.2. The Hall–Kier alpha value is -5.54. The van der Waals surface area contributed by atoms with Gasteiger partial charge in [0.05, 0.1) is 21.2 Å². The molecule has 0 spiro atoms. The molecule has 14 heteroatoms. The van der Waals surface area contributed by atoms with Gasteiger partial charge in [-0.3, -0.25) is 0 Å². The van der Waals surface area contributed by atoms with Gasteiger partial charge in [-0.05, 0) is 47.2 Å². The summed E-state index contributed by atoms with van der Waals surface area (Å²) in [5, 5.41) is 39.5. The van der Waals surface area contributed by atoms with Gasteiger partial charge in [0, 0.05) is 21.9 Å². The molecule has 0 aliphatic carbocycles. The van der Waals surface area contributed by atoms with Crippen molar-refractivity contribution >= 4 is 64.5 Å². The largest absolute Gasteiger partial charge is 0.744 e. The summed E-state index contributed by atoms with van der Waals surface area (Å²) in [4.78, 5) is -1.71. The molecule has 6 aromatic carbocycles. The van der Waals surface area contributed by atoms with E-state index in [-0.39, 0.29) is 45.4 Å². The van der Waals surface area contributed by atoms with Crippen molar-refractivity contribution in [2.45, 2.75) is 9.79 Å². The number of benzene rings is 6. The van der Waals surface area contributed by atoms with E-state index in [1.807, 2.05) is 0 Å². The van der Waals surface area contributed by atoms with Crippen LogP contribution >= 0.6 is 0 Å². The third kappa shape index (κ3) is 6.05. The molecule has 0 aromatic heterocycles. The highest BCUT2D eigenvalue weighted by Gasteiger charge is 2.19. The molecule has 6 rings (SSSR count). The fourth-order valence-electron chi connectivity index (χ4n) is 4.92. The molecule has 0 saturated carbocycles. The van der Waals surface area contributed by atoms with Gasteiger partial charge < -0.3 is 19.3 Å².